The maximum Gasteiger partial charge on any atom is 0.122 e. The lowest BCUT2D eigenvalue weighted by atomic mass is 9.85. The molecule has 2 aromatic rings. The molecule has 2 rings (SSSR count). The summed E-state index contributed by atoms with van der Waals surface area (Å²) >= 11 is 0. The summed E-state index contributed by atoms with van der Waals surface area (Å²) in [6.45, 7) is 4.57. The average Bonchev–Trinajstić information content (AvgIpc) is 2.72. The first-order valence-electron chi connectivity index (χ1n) is 9.96. The van der Waals surface area contributed by atoms with Crippen LogP contribution < -0.4 is 18.9 Å². The molecular weight excluding hydrogens is 352 g/mol. The Morgan fingerprint density at radius 2 is 1.21 bits per heavy atom. The van der Waals surface area contributed by atoms with Crippen molar-refractivity contribution in [3.63, 3.8) is 0 Å². The SMILES string of the molecule is CC[C@@H](Cc1cc(OC)ccc1OC)C[C@@H](C)Cc1cc(OC)ccc1OC. The minimum Gasteiger partial charge on any atom is -0.497 e. The maximum atomic E-state index is 5.56. The van der Waals surface area contributed by atoms with Gasteiger partial charge in [-0.2, -0.15) is 0 Å². The third-order valence-electron chi connectivity index (χ3n) is 5.37. The van der Waals surface area contributed by atoms with Gasteiger partial charge in [-0.05, 0) is 78.6 Å². The van der Waals surface area contributed by atoms with Crippen molar-refractivity contribution in [1.82, 2.24) is 0 Å². The number of rotatable bonds is 11. The van der Waals surface area contributed by atoms with Crippen LogP contribution in [0.4, 0.5) is 0 Å². The first kappa shape index (κ1) is 21.9. The molecule has 2 aromatic carbocycles. The molecule has 0 fully saturated rings. The number of ether oxygens (including phenoxy) is 4. The second-order valence-corrected chi connectivity index (χ2v) is 7.38. The van der Waals surface area contributed by atoms with Gasteiger partial charge >= 0.3 is 0 Å². The number of benzene rings is 2. The van der Waals surface area contributed by atoms with Gasteiger partial charge in [0.05, 0.1) is 28.4 Å². The summed E-state index contributed by atoms with van der Waals surface area (Å²) in [5.74, 6) is 4.71. The Kier molecular flexibility index (Phi) is 8.49. The third kappa shape index (κ3) is 5.82. The Hall–Kier alpha value is -2.36. The lowest BCUT2D eigenvalue weighted by Gasteiger charge is -2.22. The van der Waals surface area contributed by atoms with Gasteiger partial charge in [-0.3, -0.25) is 0 Å². The van der Waals surface area contributed by atoms with Crippen molar-refractivity contribution in [3.05, 3.63) is 47.5 Å². The fourth-order valence-electron chi connectivity index (χ4n) is 3.82. The van der Waals surface area contributed by atoms with Gasteiger partial charge in [0.2, 0.25) is 0 Å². The van der Waals surface area contributed by atoms with Gasteiger partial charge in [0.1, 0.15) is 23.0 Å². The van der Waals surface area contributed by atoms with Crippen molar-refractivity contribution < 1.29 is 18.9 Å². The molecule has 0 saturated heterocycles. The van der Waals surface area contributed by atoms with Crippen LogP contribution >= 0.6 is 0 Å². The van der Waals surface area contributed by atoms with Crippen molar-refractivity contribution in [1.29, 1.82) is 0 Å². The largest absolute Gasteiger partial charge is 0.497 e. The van der Waals surface area contributed by atoms with Crippen LogP contribution in [0.5, 0.6) is 23.0 Å². The Labute approximate surface area is 169 Å². The molecule has 4 heteroatoms. The van der Waals surface area contributed by atoms with Crippen molar-refractivity contribution >= 4 is 0 Å². The Morgan fingerprint density at radius 1 is 0.714 bits per heavy atom. The minimum absolute atomic E-state index is 0.530. The molecule has 154 valence electrons. The normalized spacial score (nSPS) is 12.9. The predicted octanol–water partition coefficient (Wildman–Crippen LogP) is 5.56. The van der Waals surface area contributed by atoms with E-state index in [-0.39, 0.29) is 0 Å². The number of hydrogen-bond donors (Lipinski definition) is 0. The molecule has 0 aliphatic carbocycles. The van der Waals surface area contributed by atoms with E-state index >= 15 is 0 Å². The first-order chi connectivity index (χ1) is 13.5. The molecule has 0 radical (unpaired) electrons. The summed E-state index contributed by atoms with van der Waals surface area (Å²) in [5.41, 5.74) is 2.41. The van der Waals surface area contributed by atoms with E-state index in [4.69, 9.17) is 18.9 Å². The van der Waals surface area contributed by atoms with E-state index < -0.39 is 0 Å². The molecular formula is C24H34O4. The van der Waals surface area contributed by atoms with Gasteiger partial charge in [0.15, 0.2) is 0 Å². The van der Waals surface area contributed by atoms with Crippen LogP contribution in [-0.2, 0) is 12.8 Å². The van der Waals surface area contributed by atoms with Crippen molar-refractivity contribution in [3.8, 4) is 23.0 Å². The highest BCUT2D eigenvalue weighted by atomic mass is 16.5. The molecule has 0 spiro atoms. The van der Waals surface area contributed by atoms with Crippen molar-refractivity contribution in [2.24, 2.45) is 11.8 Å². The maximum absolute atomic E-state index is 5.56. The van der Waals surface area contributed by atoms with E-state index in [0.717, 1.165) is 48.7 Å². The molecule has 0 heterocycles. The van der Waals surface area contributed by atoms with E-state index in [0.29, 0.717) is 11.8 Å². The highest BCUT2D eigenvalue weighted by Crippen LogP contribution is 2.32. The number of methoxy groups -OCH3 is 4. The lowest BCUT2D eigenvalue weighted by Crippen LogP contribution is -2.12. The Balaban J connectivity index is 2.09. The standard InChI is InChI=1S/C24H34O4/c1-7-18(14-20-16-22(26-4)9-11-24(20)28-6)12-17(2)13-19-15-21(25-3)8-10-23(19)27-5/h8-11,15-18H,7,12-14H2,1-6H3/t17-,18-/m1/s1. The highest BCUT2D eigenvalue weighted by molar-refractivity contribution is 5.41. The Morgan fingerprint density at radius 3 is 1.64 bits per heavy atom. The van der Waals surface area contributed by atoms with Crippen LogP contribution in [0.1, 0.15) is 37.8 Å². The lowest BCUT2D eigenvalue weighted by molar-refractivity contribution is 0.355. The molecule has 0 N–H and O–H groups in total. The van der Waals surface area contributed by atoms with Gasteiger partial charge < -0.3 is 18.9 Å². The van der Waals surface area contributed by atoms with Crippen LogP contribution in [0, 0.1) is 11.8 Å². The zero-order chi connectivity index (χ0) is 20.5. The smallest absolute Gasteiger partial charge is 0.122 e. The molecule has 0 amide bonds. The monoisotopic (exact) mass is 386 g/mol. The van der Waals surface area contributed by atoms with Gasteiger partial charge in [-0.1, -0.05) is 20.3 Å². The van der Waals surface area contributed by atoms with Gasteiger partial charge in [-0.25, -0.2) is 0 Å². The molecule has 2 atom stereocenters. The minimum atomic E-state index is 0.530. The molecule has 0 aliphatic rings. The van der Waals surface area contributed by atoms with E-state index in [1.165, 1.54) is 11.1 Å². The molecule has 28 heavy (non-hydrogen) atoms. The van der Waals surface area contributed by atoms with E-state index in [1.807, 2.05) is 24.3 Å². The fraction of sp³-hybridized carbons (Fsp3) is 0.500. The predicted molar refractivity (Wildman–Crippen MR) is 114 cm³/mol. The topological polar surface area (TPSA) is 36.9 Å². The zero-order valence-electron chi connectivity index (χ0n) is 18.1. The number of hydrogen-bond acceptors (Lipinski definition) is 4. The second kappa shape index (κ2) is 10.8. The van der Waals surface area contributed by atoms with Crippen LogP contribution in [-0.4, -0.2) is 28.4 Å². The summed E-state index contributed by atoms with van der Waals surface area (Å²) in [6.07, 6.45) is 4.21. The fourth-order valence-corrected chi connectivity index (χ4v) is 3.82. The highest BCUT2D eigenvalue weighted by Gasteiger charge is 2.17. The Bertz CT molecular complexity index is 741. The molecule has 0 aliphatic heterocycles. The summed E-state index contributed by atoms with van der Waals surface area (Å²) in [4.78, 5) is 0. The quantitative estimate of drug-likeness (QED) is 0.507. The van der Waals surface area contributed by atoms with Crippen molar-refractivity contribution in [2.45, 2.75) is 39.5 Å². The van der Waals surface area contributed by atoms with E-state index in [1.54, 1.807) is 28.4 Å². The molecule has 0 saturated carbocycles. The van der Waals surface area contributed by atoms with Crippen LogP contribution in [0.3, 0.4) is 0 Å². The van der Waals surface area contributed by atoms with Crippen LogP contribution in [0.15, 0.2) is 36.4 Å². The summed E-state index contributed by atoms with van der Waals surface area (Å²) in [5, 5.41) is 0. The molecule has 0 bridgehead atoms. The second-order valence-electron chi connectivity index (χ2n) is 7.38. The van der Waals surface area contributed by atoms with Gasteiger partial charge in [0, 0.05) is 0 Å². The summed E-state index contributed by atoms with van der Waals surface area (Å²) < 4.78 is 21.9. The van der Waals surface area contributed by atoms with E-state index in [9.17, 15) is 0 Å². The van der Waals surface area contributed by atoms with Crippen molar-refractivity contribution in [2.75, 3.05) is 28.4 Å². The molecule has 0 aromatic heterocycles. The summed E-state index contributed by atoms with van der Waals surface area (Å²) in [7, 11) is 6.85. The van der Waals surface area contributed by atoms with Crippen LogP contribution in [0.2, 0.25) is 0 Å². The van der Waals surface area contributed by atoms with Gasteiger partial charge in [-0.15, -0.1) is 0 Å². The first-order valence-corrected chi connectivity index (χ1v) is 9.96. The van der Waals surface area contributed by atoms with Crippen LogP contribution in [0.25, 0.3) is 0 Å². The average molecular weight is 387 g/mol. The van der Waals surface area contributed by atoms with E-state index in [2.05, 4.69) is 26.0 Å². The van der Waals surface area contributed by atoms with Gasteiger partial charge in [0.25, 0.3) is 0 Å². The molecule has 0 unspecified atom stereocenters. The third-order valence-corrected chi connectivity index (χ3v) is 5.37. The molecule has 4 nitrogen and oxygen atoms in total. The summed E-state index contributed by atoms with van der Waals surface area (Å²) in [6, 6.07) is 12.0. The zero-order valence-corrected chi connectivity index (χ0v) is 18.1.